The zero-order chi connectivity index (χ0) is 13.1. The van der Waals surface area contributed by atoms with Gasteiger partial charge in [0.05, 0.1) is 7.11 Å². The molecule has 0 aliphatic rings. The number of alkyl halides is 3. The van der Waals surface area contributed by atoms with E-state index in [9.17, 15) is 13.2 Å². The third-order valence-corrected chi connectivity index (χ3v) is 2.03. The fraction of sp³-hybridized carbons (Fsp3) is 0.455. The molecule has 0 fully saturated rings. The van der Waals surface area contributed by atoms with Crippen molar-refractivity contribution in [2.45, 2.75) is 25.7 Å². The van der Waals surface area contributed by atoms with E-state index >= 15 is 0 Å². The van der Waals surface area contributed by atoms with Crippen molar-refractivity contribution in [3.63, 3.8) is 0 Å². The lowest BCUT2D eigenvalue weighted by molar-refractivity contribution is -0.274. The van der Waals surface area contributed by atoms with Crippen LogP contribution in [0.3, 0.4) is 0 Å². The van der Waals surface area contributed by atoms with Gasteiger partial charge in [0.15, 0.2) is 0 Å². The van der Waals surface area contributed by atoms with Crippen LogP contribution < -0.4 is 15.2 Å². The van der Waals surface area contributed by atoms with Crippen LogP contribution in [0.1, 0.15) is 12.5 Å². The summed E-state index contributed by atoms with van der Waals surface area (Å²) < 4.78 is 45.0. The van der Waals surface area contributed by atoms with Gasteiger partial charge >= 0.3 is 6.36 Å². The standard InChI is InChI=1S/C11H14F3NO2/c1-7(15)5-8-6-9(17-11(12,13)14)3-4-10(8)16-2/h3-4,6-7H,5,15H2,1-2H3. The molecule has 96 valence electrons. The van der Waals surface area contributed by atoms with Gasteiger partial charge in [0.25, 0.3) is 0 Å². The first kappa shape index (κ1) is 13.6. The molecule has 1 aromatic rings. The van der Waals surface area contributed by atoms with Crippen molar-refractivity contribution in [2.75, 3.05) is 7.11 Å². The third-order valence-electron chi connectivity index (χ3n) is 2.03. The van der Waals surface area contributed by atoms with E-state index < -0.39 is 6.36 Å². The Morgan fingerprint density at radius 2 is 2.00 bits per heavy atom. The van der Waals surface area contributed by atoms with Crippen molar-refractivity contribution in [3.8, 4) is 11.5 Å². The van der Waals surface area contributed by atoms with Crippen LogP contribution in [0.4, 0.5) is 13.2 Å². The van der Waals surface area contributed by atoms with Gasteiger partial charge in [-0.3, -0.25) is 0 Å². The lowest BCUT2D eigenvalue weighted by atomic mass is 10.1. The fourth-order valence-electron chi connectivity index (χ4n) is 1.46. The molecule has 1 atom stereocenters. The molecule has 0 saturated carbocycles. The molecule has 0 aliphatic heterocycles. The number of ether oxygens (including phenoxy) is 2. The molecule has 0 aliphatic carbocycles. The van der Waals surface area contributed by atoms with Crippen LogP contribution in [-0.4, -0.2) is 19.5 Å². The number of methoxy groups -OCH3 is 1. The van der Waals surface area contributed by atoms with Crippen molar-refractivity contribution in [1.29, 1.82) is 0 Å². The summed E-state index contributed by atoms with van der Waals surface area (Å²) in [5.74, 6) is 0.228. The van der Waals surface area contributed by atoms with E-state index in [0.29, 0.717) is 17.7 Å². The van der Waals surface area contributed by atoms with Crippen LogP contribution in [0.25, 0.3) is 0 Å². The Kier molecular flexibility index (Phi) is 4.22. The second kappa shape index (κ2) is 5.27. The normalized spacial score (nSPS) is 13.3. The molecule has 1 unspecified atom stereocenters. The minimum absolute atomic E-state index is 0.176. The summed E-state index contributed by atoms with van der Waals surface area (Å²) >= 11 is 0. The maximum Gasteiger partial charge on any atom is 0.573 e. The Hall–Kier alpha value is -1.43. The summed E-state index contributed by atoms with van der Waals surface area (Å²) in [6.07, 6.45) is -4.28. The number of halogens is 3. The second-order valence-electron chi connectivity index (χ2n) is 3.70. The number of benzene rings is 1. The number of hydrogen-bond acceptors (Lipinski definition) is 3. The average molecular weight is 249 g/mol. The molecule has 1 aromatic carbocycles. The molecule has 0 aromatic heterocycles. The van der Waals surface area contributed by atoms with Crippen LogP contribution in [0.15, 0.2) is 18.2 Å². The molecule has 1 rings (SSSR count). The Morgan fingerprint density at radius 3 is 2.47 bits per heavy atom. The highest BCUT2D eigenvalue weighted by Gasteiger charge is 2.31. The molecule has 0 radical (unpaired) electrons. The number of hydrogen-bond donors (Lipinski definition) is 1. The summed E-state index contributed by atoms with van der Waals surface area (Å²) in [6.45, 7) is 1.76. The number of nitrogens with two attached hydrogens (primary N) is 1. The fourth-order valence-corrected chi connectivity index (χ4v) is 1.46. The van der Waals surface area contributed by atoms with E-state index in [4.69, 9.17) is 10.5 Å². The minimum atomic E-state index is -4.69. The van der Waals surface area contributed by atoms with Gasteiger partial charge in [0.1, 0.15) is 11.5 Å². The highest BCUT2D eigenvalue weighted by molar-refractivity contribution is 5.40. The van der Waals surface area contributed by atoms with Crippen molar-refractivity contribution >= 4 is 0 Å². The molecule has 0 spiro atoms. The van der Waals surface area contributed by atoms with E-state index in [1.807, 2.05) is 0 Å². The minimum Gasteiger partial charge on any atom is -0.496 e. The van der Waals surface area contributed by atoms with Crippen LogP contribution >= 0.6 is 0 Å². The van der Waals surface area contributed by atoms with Gasteiger partial charge in [-0.25, -0.2) is 0 Å². The monoisotopic (exact) mass is 249 g/mol. The third kappa shape index (κ3) is 4.52. The summed E-state index contributed by atoms with van der Waals surface area (Å²) in [4.78, 5) is 0. The first-order valence-electron chi connectivity index (χ1n) is 5.00. The van der Waals surface area contributed by atoms with Crippen LogP contribution in [0.5, 0.6) is 11.5 Å². The zero-order valence-corrected chi connectivity index (χ0v) is 9.54. The highest BCUT2D eigenvalue weighted by Crippen LogP contribution is 2.28. The smallest absolute Gasteiger partial charge is 0.496 e. The topological polar surface area (TPSA) is 44.5 Å². The van der Waals surface area contributed by atoms with Crippen LogP contribution in [0.2, 0.25) is 0 Å². The Labute approximate surface area is 97.3 Å². The van der Waals surface area contributed by atoms with Gasteiger partial charge in [-0.2, -0.15) is 0 Å². The first-order valence-corrected chi connectivity index (χ1v) is 5.00. The van der Waals surface area contributed by atoms with Gasteiger partial charge in [0.2, 0.25) is 0 Å². The maximum absolute atomic E-state index is 12.0. The maximum atomic E-state index is 12.0. The van der Waals surface area contributed by atoms with Crippen LogP contribution in [-0.2, 0) is 6.42 Å². The first-order chi connectivity index (χ1) is 7.81. The van der Waals surface area contributed by atoms with Gasteiger partial charge < -0.3 is 15.2 Å². The van der Waals surface area contributed by atoms with Gasteiger partial charge in [-0.15, -0.1) is 13.2 Å². The lowest BCUT2D eigenvalue weighted by Gasteiger charge is -2.14. The summed E-state index contributed by atoms with van der Waals surface area (Å²) in [5, 5.41) is 0. The molecule has 3 nitrogen and oxygen atoms in total. The molecular weight excluding hydrogens is 235 g/mol. The summed E-state index contributed by atoms with van der Waals surface area (Å²) in [6, 6.07) is 3.75. The highest BCUT2D eigenvalue weighted by atomic mass is 19.4. The largest absolute Gasteiger partial charge is 0.573 e. The van der Waals surface area contributed by atoms with Gasteiger partial charge in [-0.1, -0.05) is 0 Å². The molecule has 0 amide bonds. The van der Waals surface area contributed by atoms with E-state index in [1.165, 1.54) is 25.3 Å². The molecule has 17 heavy (non-hydrogen) atoms. The molecule has 0 bridgehead atoms. The molecule has 2 N–H and O–H groups in total. The predicted octanol–water partition coefficient (Wildman–Crippen LogP) is 2.48. The Morgan fingerprint density at radius 1 is 1.35 bits per heavy atom. The van der Waals surface area contributed by atoms with Crippen molar-refractivity contribution in [2.24, 2.45) is 5.73 Å². The van der Waals surface area contributed by atoms with Crippen molar-refractivity contribution < 1.29 is 22.6 Å². The van der Waals surface area contributed by atoms with Crippen molar-refractivity contribution in [1.82, 2.24) is 0 Å². The van der Waals surface area contributed by atoms with E-state index in [2.05, 4.69) is 4.74 Å². The van der Waals surface area contributed by atoms with Crippen LogP contribution in [0, 0.1) is 0 Å². The molecule has 0 saturated heterocycles. The van der Waals surface area contributed by atoms with E-state index in [1.54, 1.807) is 6.92 Å². The molecule has 6 heteroatoms. The van der Waals surface area contributed by atoms with E-state index in [0.717, 1.165) is 0 Å². The van der Waals surface area contributed by atoms with Crippen molar-refractivity contribution in [3.05, 3.63) is 23.8 Å². The van der Waals surface area contributed by atoms with Gasteiger partial charge in [-0.05, 0) is 37.1 Å². The Balaban J connectivity index is 2.96. The predicted molar refractivity (Wildman–Crippen MR) is 57.0 cm³/mol. The van der Waals surface area contributed by atoms with E-state index in [-0.39, 0.29) is 11.8 Å². The average Bonchev–Trinajstić information content (AvgIpc) is 2.14. The molecular formula is C11H14F3NO2. The molecule has 0 heterocycles. The van der Waals surface area contributed by atoms with Gasteiger partial charge in [0, 0.05) is 6.04 Å². The Bertz CT molecular complexity index is 377. The second-order valence-corrected chi connectivity index (χ2v) is 3.70. The summed E-state index contributed by atoms with van der Waals surface area (Å²) in [7, 11) is 1.45. The zero-order valence-electron chi connectivity index (χ0n) is 9.54. The summed E-state index contributed by atoms with van der Waals surface area (Å²) in [5.41, 5.74) is 6.19. The SMILES string of the molecule is COc1ccc(OC(F)(F)F)cc1CC(C)N. The lowest BCUT2D eigenvalue weighted by Crippen LogP contribution is -2.19. The number of rotatable bonds is 4. The quantitative estimate of drug-likeness (QED) is 0.891.